The molecular formula is C14H21N3O3. The Morgan fingerprint density at radius 1 is 1.40 bits per heavy atom. The van der Waals surface area contributed by atoms with Crippen molar-refractivity contribution in [3.63, 3.8) is 0 Å². The van der Waals surface area contributed by atoms with E-state index in [1.807, 2.05) is 20.8 Å². The van der Waals surface area contributed by atoms with Gasteiger partial charge in [0.2, 0.25) is 0 Å². The molecule has 0 aliphatic heterocycles. The van der Waals surface area contributed by atoms with Crippen LogP contribution in [0, 0.1) is 5.92 Å². The number of amides is 1. The highest BCUT2D eigenvalue weighted by Crippen LogP contribution is 2.26. The molecule has 1 fully saturated rings. The van der Waals surface area contributed by atoms with Gasteiger partial charge in [0.25, 0.3) is 5.91 Å². The Hall–Kier alpha value is -1.85. The SMILES string of the molecule is CC(C)(C)c1cc(C(=O)N[C@@H]2CCC[C@@H]2C(=O)O)n[nH]1. The average molecular weight is 279 g/mol. The molecule has 20 heavy (non-hydrogen) atoms. The van der Waals surface area contributed by atoms with Gasteiger partial charge in [-0.1, -0.05) is 27.2 Å². The van der Waals surface area contributed by atoms with Crippen molar-refractivity contribution in [2.24, 2.45) is 5.92 Å². The van der Waals surface area contributed by atoms with Crippen LogP contribution >= 0.6 is 0 Å². The number of carbonyl (C=O) groups excluding carboxylic acids is 1. The summed E-state index contributed by atoms with van der Waals surface area (Å²) in [6.07, 6.45) is 2.16. The van der Waals surface area contributed by atoms with Crippen molar-refractivity contribution in [1.82, 2.24) is 15.5 Å². The molecule has 1 saturated carbocycles. The lowest BCUT2D eigenvalue weighted by Gasteiger charge is -2.16. The first-order chi connectivity index (χ1) is 9.29. The summed E-state index contributed by atoms with van der Waals surface area (Å²) < 4.78 is 0. The number of rotatable bonds is 3. The van der Waals surface area contributed by atoms with Gasteiger partial charge >= 0.3 is 5.97 Å². The van der Waals surface area contributed by atoms with Crippen LogP contribution < -0.4 is 5.32 Å². The van der Waals surface area contributed by atoms with Gasteiger partial charge in [0.05, 0.1) is 5.92 Å². The number of aromatic nitrogens is 2. The van der Waals surface area contributed by atoms with Crippen LogP contribution in [0.1, 0.15) is 56.2 Å². The molecule has 3 N–H and O–H groups in total. The molecule has 1 aromatic rings. The second-order valence-electron chi connectivity index (χ2n) is 6.37. The van der Waals surface area contributed by atoms with E-state index in [1.165, 1.54) is 0 Å². The predicted octanol–water partition coefficient (Wildman–Crippen LogP) is 1.69. The number of aliphatic carboxylic acids is 1. The minimum absolute atomic E-state index is 0.109. The number of carboxylic acids is 1. The molecule has 0 bridgehead atoms. The van der Waals surface area contributed by atoms with Gasteiger partial charge in [-0.05, 0) is 18.9 Å². The molecule has 2 atom stereocenters. The Labute approximate surface area is 118 Å². The number of carbonyl (C=O) groups is 2. The number of H-pyrrole nitrogens is 1. The lowest BCUT2D eigenvalue weighted by Crippen LogP contribution is -2.40. The van der Waals surface area contributed by atoms with Crippen molar-refractivity contribution < 1.29 is 14.7 Å². The molecule has 1 aromatic heterocycles. The molecule has 110 valence electrons. The Morgan fingerprint density at radius 2 is 2.10 bits per heavy atom. The molecule has 1 aliphatic carbocycles. The highest BCUT2D eigenvalue weighted by atomic mass is 16.4. The molecule has 1 heterocycles. The Kier molecular flexibility index (Phi) is 3.83. The summed E-state index contributed by atoms with van der Waals surface area (Å²) >= 11 is 0. The number of hydrogen-bond acceptors (Lipinski definition) is 3. The van der Waals surface area contributed by atoms with E-state index < -0.39 is 11.9 Å². The molecule has 1 aliphatic rings. The summed E-state index contributed by atoms with van der Waals surface area (Å²) in [5.74, 6) is -1.64. The summed E-state index contributed by atoms with van der Waals surface area (Å²) in [4.78, 5) is 23.2. The van der Waals surface area contributed by atoms with Crippen molar-refractivity contribution in [3.05, 3.63) is 17.5 Å². The second-order valence-corrected chi connectivity index (χ2v) is 6.37. The molecule has 0 radical (unpaired) electrons. The van der Waals surface area contributed by atoms with Crippen LogP contribution in [-0.4, -0.2) is 33.2 Å². The summed E-state index contributed by atoms with van der Waals surface area (Å²) in [6, 6.07) is 1.43. The molecule has 6 heteroatoms. The zero-order valence-corrected chi connectivity index (χ0v) is 12.1. The van der Waals surface area contributed by atoms with E-state index in [0.717, 1.165) is 12.1 Å². The van der Waals surface area contributed by atoms with Crippen LogP contribution in [-0.2, 0) is 10.2 Å². The standard InChI is InChI=1S/C14H21N3O3/c1-14(2,3)11-7-10(16-17-11)12(18)15-9-6-4-5-8(9)13(19)20/h7-9H,4-6H2,1-3H3,(H,15,18)(H,16,17)(H,19,20)/t8-,9+/m0/s1. The van der Waals surface area contributed by atoms with Gasteiger partial charge in [0.15, 0.2) is 0 Å². The maximum absolute atomic E-state index is 12.1. The molecule has 1 amide bonds. The smallest absolute Gasteiger partial charge is 0.308 e. The minimum atomic E-state index is -0.842. The molecule has 0 saturated heterocycles. The normalized spacial score (nSPS) is 22.8. The molecule has 2 rings (SSSR count). The predicted molar refractivity (Wildman–Crippen MR) is 73.5 cm³/mol. The van der Waals surface area contributed by atoms with Crippen LogP contribution in [0.4, 0.5) is 0 Å². The average Bonchev–Trinajstić information content (AvgIpc) is 2.95. The molecule has 0 aromatic carbocycles. The number of hydrogen-bond donors (Lipinski definition) is 3. The minimum Gasteiger partial charge on any atom is -0.481 e. The van der Waals surface area contributed by atoms with Crippen molar-refractivity contribution in [1.29, 1.82) is 0 Å². The third-order valence-corrected chi connectivity index (χ3v) is 3.77. The second kappa shape index (κ2) is 5.26. The largest absolute Gasteiger partial charge is 0.481 e. The summed E-state index contributed by atoms with van der Waals surface area (Å²) in [7, 11) is 0. The fraction of sp³-hybridized carbons (Fsp3) is 0.643. The van der Waals surface area contributed by atoms with E-state index in [-0.39, 0.29) is 17.4 Å². The van der Waals surface area contributed by atoms with E-state index >= 15 is 0 Å². The number of carboxylic acid groups (broad SMARTS) is 1. The first-order valence-electron chi connectivity index (χ1n) is 6.88. The molecular weight excluding hydrogens is 258 g/mol. The highest BCUT2D eigenvalue weighted by molar-refractivity contribution is 5.93. The van der Waals surface area contributed by atoms with Gasteiger partial charge in [0, 0.05) is 17.2 Å². The van der Waals surface area contributed by atoms with Crippen LogP contribution in [0.15, 0.2) is 6.07 Å². The maximum atomic E-state index is 12.1. The van der Waals surface area contributed by atoms with E-state index in [0.29, 0.717) is 18.5 Å². The summed E-state index contributed by atoms with van der Waals surface area (Å²) in [5.41, 5.74) is 1.08. The zero-order chi connectivity index (χ0) is 14.9. The number of nitrogens with zero attached hydrogens (tertiary/aromatic N) is 1. The highest BCUT2D eigenvalue weighted by Gasteiger charge is 2.34. The zero-order valence-electron chi connectivity index (χ0n) is 12.1. The maximum Gasteiger partial charge on any atom is 0.308 e. The van der Waals surface area contributed by atoms with E-state index in [4.69, 9.17) is 5.11 Å². The molecule has 6 nitrogen and oxygen atoms in total. The fourth-order valence-electron chi connectivity index (χ4n) is 2.49. The lowest BCUT2D eigenvalue weighted by atomic mass is 9.92. The van der Waals surface area contributed by atoms with E-state index in [2.05, 4.69) is 15.5 Å². The first kappa shape index (κ1) is 14.6. The van der Waals surface area contributed by atoms with Crippen LogP contribution in [0.5, 0.6) is 0 Å². The Balaban J connectivity index is 2.05. The third-order valence-electron chi connectivity index (χ3n) is 3.77. The van der Waals surface area contributed by atoms with E-state index in [9.17, 15) is 9.59 Å². The van der Waals surface area contributed by atoms with Crippen molar-refractivity contribution in [3.8, 4) is 0 Å². The van der Waals surface area contributed by atoms with Gasteiger partial charge in [-0.2, -0.15) is 5.10 Å². The van der Waals surface area contributed by atoms with E-state index in [1.54, 1.807) is 6.07 Å². The summed E-state index contributed by atoms with van der Waals surface area (Å²) in [6.45, 7) is 6.08. The van der Waals surface area contributed by atoms with Gasteiger partial charge in [-0.25, -0.2) is 0 Å². The van der Waals surface area contributed by atoms with Crippen molar-refractivity contribution >= 4 is 11.9 Å². The van der Waals surface area contributed by atoms with Gasteiger partial charge in [-0.15, -0.1) is 0 Å². The Bertz CT molecular complexity index is 516. The number of nitrogens with one attached hydrogen (secondary N) is 2. The lowest BCUT2D eigenvalue weighted by molar-refractivity contribution is -0.142. The monoisotopic (exact) mass is 279 g/mol. The summed E-state index contributed by atoms with van der Waals surface area (Å²) in [5, 5.41) is 18.8. The van der Waals surface area contributed by atoms with Crippen LogP contribution in [0.2, 0.25) is 0 Å². The fourth-order valence-corrected chi connectivity index (χ4v) is 2.49. The topological polar surface area (TPSA) is 95.1 Å². The van der Waals surface area contributed by atoms with Crippen molar-refractivity contribution in [2.45, 2.75) is 51.5 Å². The van der Waals surface area contributed by atoms with Crippen LogP contribution in [0.3, 0.4) is 0 Å². The molecule has 0 unspecified atom stereocenters. The van der Waals surface area contributed by atoms with Crippen LogP contribution in [0.25, 0.3) is 0 Å². The van der Waals surface area contributed by atoms with Gasteiger partial charge in [0.1, 0.15) is 5.69 Å². The van der Waals surface area contributed by atoms with Gasteiger partial charge in [-0.3, -0.25) is 14.7 Å². The number of aromatic amines is 1. The third kappa shape index (κ3) is 3.00. The quantitative estimate of drug-likeness (QED) is 0.784. The Morgan fingerprint density at radius 3 is 2.65 bits per heavy atom. The molecule has 0 spiro atoms. The van der Waals surface area contributed by atoms with Crippen molar-refractivity contribution in [2.75, 3.05) is 0 Å². The first-order valence-corrected chi connectivity index (χ1v) is 6.88. The van der Waals surface area contributed by atoms with Gasteiger partial charge < -0.3 is 10.4 Å².